The molecule has 0 aromatic carbocycles. The van der Waals surface area contributed by atoms with Gasteiger partial charge in [-0.05, 0) is 32.9 Å². The highest BCUT2D eigenvalue weighted by Gasteiger charge is 2.34. The molecule has 2 unspecified atom stereocenters. The van der Waals surface area contributed by atoms with E-state index in [4.69, 9.17) is 0 Å². The monoisotopic (exact) mass is 253 g/mol. The molecule has 4 nitrogen and oxygen atoms in total. The molecule has 104 valence electrons. The molecule has 1 saturated heterocycles. The summed E-state index contributed by atoms with van der Waals surface area (Å²) in [6.07, 6.45) is 4.98. The lowest BCUT2D eigenvalue weighted by Gasteiger charge is -2.31. The van der Waals surface area contributed by atoms with Crippen LogP contribution in [0.3, 0.4) is 0 Å². The number of amides is 1. The van der Waals surface area contributed by atoms with Crippen LogP contribution < -0.4 is 5.32 Å². The van der Waals surface area contributed by atoms with Crippen LogP contribution in [0, 0.1) is 5.92 Å². The average molecular weight is 253 g/mol. The first-order valence-corrected chi connectivity index (χ1v) is 7.26. The minimum absolute atomic E-state index is 0.0226. The smallest absolute Gasteiger partial charge is 0.241 e. The number of likely N-dealkylation sites (N-methyl/N-ethyl adjacent to an activating group) is 1. The number of nitrogens with one attached hydrogen (secondary N) is 1. The van der Waals surface area contributed by atoms with Gasteiger partial charge in [-0.1, -0.05) is 19.8 Å². The molecule has 0 spiro atoms. The van der Waals surface area contributed by atoms with Crippen molar-refractivity contribution in [2.24, 2.45) is 5.92 Å². The van der Waals surface area contributed by atoms with E-state index in [-0.39, 0.29) is 6.04 Å². The van der Waals surface area contributed by atoms with Gasteiger partial charge in [-0.25, -0.2) is 0 Å². The van der Waals surface area contributed by atoms with Gasteiger partial charge in [0.05, 0.1) is 6.04 Å². The van der Waals surface area contributed by atoms with Gasteiger partial charge in [0, 0.05) is 25.7 Å². The Labute approximate surface area is 111 Å². The van der Waals surface area contributed by atoms with E-state index < -0.39 is 0 Å². The first kappa shape index (κ1) is 13.8. The lowest BCUT2D eigenvalue weighted by Crippen LogP contribution is -2.51. The second-order valence-corrected chi connectivity index (χ2v) is 6.26. The maximum atomic E-state index is 12.7. The van der Waals surface area contributed by atoms with Crippen LogP contribution in [0.2, 0.25) is 0 Å². The van der Waals surface area contributed by atoms with Crippen molar-refractivity contribution in [3.63, 3.8) is 0 Å². The summed E-state index contributed by atoms with van der Waals surface area (Å²) in [5.74, 6) is 0.877. The number of rotatable bonds is 3. The summed E-state index contributed by atoms with van der Waals surface area (Å²) in [5, 5.41) is 3.43. The van der Waals surface area contributed by atoms with Gasteiger partial charge >= 0.3 is 0 Å². The third kappa shape index (κ3) is 3.23. The Bertz CT molecular complexity index is 287. The molecule has 18 heavy (non-hydrogen) atoms. The SMILES string of the molecule is CC1CNC(CN(C)C)C(=O)N(C2CCCC2)C1. The van der Waals surface area contributed by atoms with Crippen molar-refractivity contribution in [2.75, 3.05) is 33.7 Å². The zero-order chi connectivity index (χ0) is 13.1. The van der Waals surface area contributed by atoms with E-state index in [1.54, 1.807) is 0 Å². The summed E-state index contributed by atoms with van der Waals surface area (Å²) in [4.78, 5) is 16.9. The molecule has 1 heterocycles. The minimum Gasteiger partial charge on any atom is -0.338 e. The molecule has 0 radical (unpaired) electrons. The number of nitrogens with zero attached hydrogens (tertiary/aromatic N) is 2. The number of hydrogen-bond donors (Lipinski definition) is 1. The maximum Gasteiger partial charge on any atom is 0.241 e. The Kier molecular flexibility index (Phi) is 4.62. The Balaban J connectivity index is 2.07. The highest BCUT2D eigenvalue weighted by molar-refractivity contribution is 5.82. The largest absolute Gasteiger partial charge is 0.338 e. The summed E-state index contributed by atoms with van der Waals surface area (Å²) < 4.78 is 0. The van der Waals surface area contributed by atoms with Gasteiger partial charge in [-0.15, -0.1) is 0 Å². The Morgan fingerprint density at radius 2 is 2.00 bits per heavy atom. The highest BCUT2D eigenvalue weighted by Crippen LogP contribution is 2.25. The molecule has 2 aliphatic rings. The standard InChI is InChI=1S/C14H27N3O/c1-11-8-15-13(10-16(2)3)14(18)17(9-11)12-6-4-5-7-12/h11-13,15H,4-10H2,1-3H3. The van der Waals surface area contributed by atoms with E-state index in [0.29, 0.717) is 17.9 Å². The van der Waals surface area contributed by atoms with E-state index in [0.717, 1.165) is 19.6 Å². The fourth-order valence-corrected chi connectivity index (χ4v) is 3.17. The fraction of sp³-hybridized carbons (Fsp3) is 0.929. The van der Waals surface area contributed by atoms with Gasteiger partial charge in [0.1, 0.15) is 0 Å². The summed E-state index contributed by atoms with van der Waals surface area (Å²) in [5.41, 5.74) is 0. The van der Waals surface area contributed by atoms with Gasteiger partial charge in [-0.3, -0.25) is 4.79 Å². The summed E-state index contributed by atoms with van der Waals surface area (Å²) in [7, 11) is 4.06. The maximum absolute atomic E-state index is 12.7. The predicted octanol–water partition coefficient (Wildman–Crippen LogP) is 0.927. The quantitative estimate of drug-likeness (QED) is 0.812. The van der Waals surface area contributed by atoms with Crippen molar-refractivity contribution < 1.29 is 4.79 Å². The van der Waals surface area contributed by atoms with E-state index in [2.05, 4.69) is 22.0 Å². The van der Waals surface area contributed by atoms with Gasteiger partial charge in [0.15, 0.2) is 0 Å². The van der Waals surface area contributed by atoms with Gasteiger partial charge in [0.25, 0.3) is 0 Å². The minimum atomic E-state index is -0.0226. The van der Waals surface area contributed by atoms with Crippen molar-refractivity contribution in [1.82, 2.24) is 15.1 Å². The van der Waals surface area contributed by atoms with Crippen LogP contribution >= 0.6 is 0 Å². The van der Waals surface area contributed by atoms with Gasteiger partial charge in [0.2, 0.25) is 5.91 Å². The second kappa shape index (κ2) is 6.02. The Hall–Kier alpha value is -0.610. The molecule has 2 atom stereocenters. The predicted molar refractivity (Wildman–Crippen MR) is 73.5 cm³/mol. The third-order valence-electron chi connectivity index (χ3n) is 4.12. The number of hydrogen-bond acceptors (Lipinski definition) is 3. The number of carbonyl (C=O) groups is 1. The first-order chi connectivity index (χ1) is 8.58. The van der Waals surface area contributed by atoms with Crippen LogP contribution in [-0.4, -0.2) is 61.5 Å². The molecule has 2 fully saturated rings. The molecule has 2 rings (SSSR count). The fourth-order valence-electron chi connectivity index (χ4n) is 3.17. The van der Waals surface area contributed by atoms with Gasteiger partial charge in [-0.2, -0.15) is 0 Å². The van der Waals surface area contributed by atoms with E-state index in [1.807, 2.05) is 14.1 Å². The van der Waals surface area contributed by atoms with Crippen LogP contribution in [-0.2, 0) is 4.79 Å². The van der Waals surface area contributed by atoms with Crippen LogP contribution in [0.1, 0.15) is 32.6 Å². The second-order valence-electron chi connectivity index (χ2n) is 6.26. The molecule has 0 aromatic rings. The lowest BCUT2D eigenvalue weighted by molar-refractivity contribution is -0.135. The van der Waals surface area contributed by atoms with Crippen LogP contribution in [0.25, 0.3) is 0 Å². The van der Waals surface area contributed by atoms with Gasteiger partial charge < -0.3 is 15.1 Å². The summed E-state index contributed by atoms with van der Waals surface area (Å²) in [6.45, 7) is 4.92. The molecular formula is C14H27N3O. The van der Waals surface area contributed by atoms with Crippen LogP contribution in [0.15, 0.2) is 0 Å². The molecule has 1 saturated carbocycles. The third-order valence-corrected chi connectivity index (χ3v) is 4.12. The molecule has 1 aliphatic carbocycles. The van der Waals surface area contributed by atoms with Crippen LogP contribution in [0.5, 0.6) is 0 Å². The van der Waals surface area contributed by atoms with Crippen LogP contribution in [0.4, 0.5) is 0 Å². The van der Waals surface area contributed by atoms with Crippen molar-refractivity contribution in [1.29, 1.82) is 0 Å². The van der Waals surface area contributed by atoms with E-state index in [1.165, 1.54) is 25.7 Å². The summed E-state index contributed by atoms with van der Waals surface area (Å²) in [6, 6.07) is 0.482. The zero-order valence-corrected chi connectivity index (χ0v) is 12.0. The molecule has 1 aliphatic heterocycles. The van der Waals surface area contributed by atoms with Crippen molar-refractivity contribution in [2.45, 2.75) is 44.7 Å². The normalized spacial score (nSPS) is 31.1. The lowest BCUT2D eigenvalue weighted by atomic mass is 10.1. The number of carbonyl (C=O) groups excluding carboxylic acids is 1. The van der Waals surface area contributed by atoms with E-state index >= 15 is 0 Å². The molecule has 1 N–H and O–H groups in total. The average Bonchev–Trinajstić information content (AvgIpc) is 2.79. The van der Waals surface area contributed by atoms with Crippen molar-refractivity contribution >= 4 is 5.91 Å². The van der Waals surface area contributed by atoms with Crippen molar-refractivity contribution in [3.05, 3.63) is 0 Å². The Morgan fingerprint density at radius 1 is 1.33 bits per heavy atom. The highest BCUT2D eigenvalue weighted by atomic mass is 16.2. The molecule has 4 heteroatoms. The van der Waals surface area contributed by atoms with E-state index in [9.17, 15) is 4.79 Å². The first-order valence-electron chi connectivity index (χ1n) is 7.26. The summed E-state index contributed by atoms with van der Waals surface area (Å²) >= 11 is 0. The molecular weight excluding hydrogens is 226 g/mol. The molecule has 0 bridgehead atoms. The molecule has 1 amide bonds. The molecule has 0 aromatic heterocycles. The Morgan fingerprint density at radius 3 is 2.61 bits per heavy atom. The topological polar surface area (TPSA) is 35.6 Å². The van der Waals surface area contributed by atoms with Crippen molar-refractivity contribution in [3.8, 4) is 0 Å². The zero-order valence-electron chi connectivity index (χ0n) is 12.0.